The third-order valence-corrected chi connectivity index (χ3v) is 7.35. The number of hydrogen-bond donors (Lipinski definition) is 12. The van der Waals surface area contributed by atoms with Crippen LogP contribution >= 0.6 is 0 Å². The van der Waals surface area contributed by atoms with E-state index in [1.54, 1.807) is 13.8 Å². The number of aliphatic imine (C=N–C) groups is 1. The molecule has 6 unspecified atom stereocenters. The molecule has 5 amide bonds. The molecule has 0 fully saturated rings. The second-order valence-corrected chi connectivity index (χ2v) is 12.3. The monoisotopic (exact) mass is 719 g/mol. The zero-order valence-electron chi connectivity index (χ0n) is 28.7. The maximum absolute atomic E-state index is 13.4. The second kappa shape index (κ2) is 20.8. The van der Waals surface area contributed by atoms with Crippen LogP contribution in [0.3, 0.4) is 0 Å². The van der Waals surface area contributed by atoms with Crippen molar-refractivity contribution in [2.24, 2.45) is 28.1 Å². The van der Waals surface area contributed by atoms with E-state index in [9.17, 15) is 39.0 Å². The Morgan fingerprint density at radius 1 is 0.824 bits per heavy atom. The van der Waals surface area contributed by atoms with Crippen molar-refractivity contribution in [1.29, 1.82) is 0 Å². The number of aromatic amines is 2. The summed E-state index contributed by atoms with van der Waals surface area (Å²) in [5.74, 6) is -5.52. The Morgan fingerprint density at radius 3 is 1.94 bits per heavy atom. The number of nitrogens with one attached hydrogen (secondary N) is 7. The van der Waals surface area contributed by atoms with Crippen molar-refractivity contribution in [3.63, 3.8) is 0 Å². The number of H-pyrrole nitrogens is 2. The van der Waals surface area contributed by atoms with Crippen LogP contribution in [0.5, 0.6) is 0 Å². The first-order valence-corrected chi connectivity index (χ1v) is 16.2. The predicted molar refractivity (Wildman–Crippen MR) is 182 cm³/mol. The minimum atomic E-state index is -1.56. The van der Waals surface area contributed by atoms with Gasteiger partial charge in [0.05, 0.1) is 31.3 Å². The fourth-order valence-electron chi connectivity index (χ4n) is 4.75. The zero-order valence-corrected chi connectivity index (χ0v) is 28.7. The van der Waals surface area contributed by atoms with Crippen molar-refractivity contribution < 1.29 is 39.0 Å². The Kier molecular flexibility index (Phi) is 17.0. The van der Waals surface area contributed by atoms with Crippen LogP contribution in [0.1, 0.15) is 51.4 Å². The number of nitrogens with two attached hydrogens (primary N) is 3. The van der Waals surface area contributed by atoms with Crippen LogP contribution in [0.4, 0.5) is 0 Å². The van der Waals surface area contributed by atoms with Crippen LogP contribution < -0.4 is 43.8 Å². The van der Waals surface area contributed by atoms with Crippen molar-refractivity contribution in [3.05, 3.63) is 36.4 Å². The van der Waals surface area contributed by atoms with Gasteiger partial charge in [-0.1, -0.05) is 13.8 Å². The maximum atomic E-state index is 13.4. The lowest BCUT2D eigenvalue weighted by atomic mass is 10.0. The van der Waals surface area contributed by atoms with Gasteiger partial charge in [0, 0.05) is 43.2 Å². The van der Waals surface area contributed by atoms with E-state index in [-0.39, 0.29) is 50.5 Å². The summed E-state index contributed by atoms with van der Waals surface area (Å²) in [4.78, 5) is 94.2. The molecule has 0 aliphatic heterocycles. The van der Waals surface area contributed by atoms with Crippen molar-refractivity contribution in [3.8, 4) is 0 Å². The number of rotatable bonds is 22. The molecule has 2 aromatic rings. The van der Waals surface area contributed by atoms with E-state index in [0.717, 1.165) is 0 Å². The molecule has 0 radical (unpaired) electrons. The number of aliphatic hydroxyl groups excluding tert-OH is 1. The molecule has 6 atom stereocenters. The van der Waals surface area contributed by atoms with Gasteiger partial charge in [-0.15, -0.1) is 0 Å². The van der Waals surface area contributed by atoms with E-state index in [0.29, 0.717) is 11.4 Å². The summed E-state index contributed by atoms with van der Waals surface area (Å²) in [7, 11) is 0. The third kappa shape index (κ3) is 15.2. The Balaban J connectivity index is 2.04. The number of carbonyl (C=O) groups is 6. The Morgan fingerprint density at radius 2 is 1.41 bits per heavy atom. The number of aliphatic hydroxyl groups is 1. The number of nitrogens with zero attached hydrogens (tertiary/aromatic N) is 3. The normalized spacial score (nSPS) is 14.5. The van der Waals surface area contributed by atoms with E-state index < -0.39 is 78.4 Å². The molecule has 2 heterocycles. The molecule has 0 bridgehead atoms. The number of amides is 5. The number of imidazole rings is 2. The van der Waals surface area contributed by atoms with Crippen LogP contribution in [-0.4, -0.2) is 121 Å². The molecule has 0 saturated carbocycles. The van der Waals surface area contributed by atoms with E-state index in [4.69, 9.17) is 17.2 Å². The first kappa shape index (κ1) is 41.6. The minimum Gasteiger partial charge on any atom is -0.480 e. The van der Waals surface area contributed by atoms with Gasteiger partial charge in [0.15, 0.2) is 5.96 Å². The van der Waals surface area contributed by atoms with Gasteiger partial charge in [0.25, 0.3) is 0 Å². The molecule has 51 heavy (non-hydrogen) atoms. The Bertz CT molecular complexity index is 1460. The summed E-state index contributed by atoms with van der Waals surface area (Å²) in [5, 5.41) is 32.1. The highest BCUT2D eigenvalue weighted by Crippen LogP contribution is 2.08. The standard InChI is InChI=1S/C30H49N13O8/c1-15(2)7-21(26(47)41-20(29(50)51)5-4-6-36-30(32)33)40-23(45)12-37-28(49)24(16(3)44)43-27(48)22(9-18-11-35-14-39-18)42-25(46)19(31)8-17-10-34-13-38-17/h10-11,13-16,19-22,24,44H,4-9,12,31H2,1-3H3,(H,34,38)(H,35,39)(H,37,49)(H,40,45)(H,41,47)(H,42,46)(H,43,48)(H,50,51)(H4,32,33,36). The predicted octanol–water partition coefficient (Wildman–Crippen LogP) is -4.13. The lowest BCUT2D eigenvalue weighted by Crippen LogP contribution is -2.59. The number of hydrogen-bond acceptors (Lipinski definition) is 11. The molecular formula is C30H49N13O8. The highest BCUT2D eigenvalue weighted by Gasteiger charge is 2.32. The molecule has 21 heteroatoms. The Hall–Kier alpha value is -5.57. The topological polar surface area (TPSA) is 351 Å². The van der Waals surface area contributed by atoms with Crippen molar-refractivity contribution >= 4 is 41.5 Å². The van der Waals surface area contributed by atoms with Crippen molar-refractivity contribution in [2.45, 2.75) is 89.2 Å². The summed E-state index contributed by atoms with van der Waals surface area (Å²) in [5.41, 5.74) is 17.7. The largest absolute Gasteiger partial charge is 0.480 e. The van der Waals surface area contributed by atoms with Crippen molar-refractivity contribution in [2.75, 3.05) is 13.1 Å². The summed E-state index contributed by atoms with van der Waals surface area (Å²) in [6.45, 7) is 4.33. The number of guanidine groups is 1. The molecule has 0 saturated heterocycles. The molecule has 21 nitrogen and oxygen atoms in total. The average Bonchev–Trinajstić information content (AvgIpc) is 3.77. The summed E-state index contributed by atoms with van der Waals surface area (Å²) in [6.07, 6.45) is 4.78. The van der Waals surface area contributed by atoms with Gasteiger partial charge in [-0.25, -0.2) is 14.8 Å². The molecule has 0 aromatic carbocycles. The van der Waals surface area contributed by atoms with E-state index >= 15 is 0 Å². The molecule has 2 rings (SSSR count). The van der Waals surface area contributed by atoms with E-state index in [2.05, 4.69) is 51.5 Å². The van der Waals surface area contributed by atoms with Gasteiger partial charge < -0.3 is 64.0 Å². The highest BCUT2D eigenvalue weighted by molar-refractivity contribution is 5.95. The summed E-state index contributed by atoms with van der Waals surface area (Å²) >= 11 is 0. The molecule has 282 valence electrons. The van der Waals surface area contributed by atoms with Gasteiger partial charge in [0.1, 0.15) is 24.2 Å². The van der Waals surface area contributed by atoms with Crippen LogP contribution in [0.15, 0.2) is 30.0 Å². The third-order valence-electron chi connectivity index (χ3n) is 7.35. The average molecular weight is 720 g/mol. The molecule has 15 N–H and O–H groups in total. The number of carboxylic acids is 1. The Labute approximate surface area is 293 Å². The number of aliphatic carboxylic acids is 1. The number of aromatic nitrogens is 4. The first-order valence-electron chi connectivity index (χ1n) is 16.2. The quantitative estimate of drug-likeness (QED) is 0.0313. The van der Waals surface area contributed by atoms with Gasteiger partial charge in [-0.2, -0.15) is 0 Å². The van der Waals surface area contributed by atoms with Crippen LogP contribution in [-0.2, 0) is 41.6 Å². The maximum Gasteiger partial charge on any atom is 0.326 e. The molecule has 0 aliphatic carbocycles. The van der Waals surface area contributed by atoms with Gasteiger partial charge >= 0.3 is 5.97 Å². The fourth-order valence-corrected chi connectivity index (χ4v) is 4.75. The summed E-state index contributed by atoms with van der Waals surface area (Å²) in [6, 6.07) is -6.28. The van der Waals surface area contributed by atoms with Gasteiger partial charge in [-0.3, -0.25) is 29.0 Å². The zero-order chi connectivity index (χ0) is 38.1. The van der Waals surface area contributed by atoms with Crippen LogP contribution in [0, 0.1) is 5.92 Å². The van der Waals surface area contributed by atoms with Crippen LogP contribution in [0.25, 0.3) is 0 Å². The summed E-state index contributed by atoms with van der Waals surface area (Å²) < 4.78 is 0. The van der Waals surface area contributed by atoms with Crippen LogP contribution in [0.2, 0.25) is 0 Å². The number of carbonyl (C=O) groups excluding carboxylic acids is 5. The smallest absolute Gasteiger partial charge is 0.326 e. The molecule has 2 aromatic heterocycles. The first-order chi connectivity index (χ1) is 24.1. The molecular weight excluding hydrogens is 670 g/mol. The number of carboxylic acid groups (broad SMARTS) is 1. The van der Waals surface area contributed by atoms with Gasteiger partial charge in [-0.05, 0) is 32.1 Å². The van der Waals surface area contributed by atoms with E-state index in [1.165, 1.54) is 32.0 Å². The van der Waals surface area contributed by atoms with Gasteiger partial charge in [0.2, 0.25) is 29.5 Å². The SMILES string of the molecule is CC(C)CC(NC(=O)CNC(=O)C(NC(=O)C(Cc1cnc[nH]1)NC(=O)C(N)Cc1cnc[nH]1)C(C)O)C(=O)NC(CCCN=C(N)N)C(=O)O. The van der Waals surface area contributed by atoms with Crippen molar-refractivity contribution in [1.82, 2.24) is 46.5 Å². The fraction of sp³-hybridized carbons (Fsp3) is 0.567. The second-order valence-electron chi connectivity index (χ2n) is 12.3. The lowest BCUT2D eigenvalue weighted by Gasteiger charge is -2.25. The minimum absolute atomic E-state index is 0.0210. The highest BCUT2D eigenvalue weighted by atomic mass is 16.4. The molecule has 0 spiro atoms. The lowest BCUT2D eigenvalue weighted by molar-refractivity contribution is -0.142. The molecule has 0 aliphatic rings. The van der Waals surface area contributed by atoms with E-state index in [1.807, 2.05) is 0 Å².